The molecule has 5 rings (SSSR count). The number of ether oxygens (including phenoxy) is 1. The first-order valence-electron chi connectivity index (χ1n) is 12.4. The molecule has 3 aromatic rings. The molecule has 1 aromatic carbocycles. The summed E-state index contributed by atoms with van der Waals surface area (Å²) in [5.41, 5.74) is 1.85. The fourth-order valence-corrected chi connectivity index (χ4v) is 5.30. The molecular weight excluding hydrogens is 456 g/mol. The van der Waals surface area contributed by atoms with E-state index in [0.29, 0.717) is 32.4 Å². The van der Waals surface area contributed by atoms with Gasteiger partial charge < -0.3 is 15.2 Å². The Morgan fingerprint density at radius 3 is 2.64 bits per heavy atom. The van der Waals surface area contributed by atoms with E-state index in [-0.39, 0.29) is 17.7 Å². The van der Waals surface area contributed by atoms with Crippen molar-refractivity contribution in [1.29, 1.82) is 5.26 Å². The summed E-state index contributed by atoms with van der Waals surface area (Å²) >= 11 is 0. The van der Waals surface area contributed by atoms with Gasteiger partial charge in [-0.2, -0.15) is 5.26 Å². The van der Waals surface area contributed by atoms with Crippen molar-refractivity contribution in [3.8, 4) is 6.07 Å². The molecular formula is C28H30N4O4. The zero-order chi connectivity index (χ0) is 25.1. The molecule has 8 heteroatoms. The molecule has 0 spiro atoms. The molecule has 2 fully saturated rings. The predicted molar refractivity (Wildman–Crippen MR) is 135 cm³/mol. The van der Waals surface area contributed by atoms with Crippen molar-refractivity contribution in [3.63, 3.8) is 0 Å². The number of hydrogen-bond acceptors (Lipinski definition) is 6. The third kappa shape index (κ3) is 4.65. The molecule has 4 heterocycles. The summed E-state index contributed by atoms with van der Waals surface area (Å²) in [6.45, 7) is 2.64. The van der Waals surface area contributed by atoms with Gasteiger partial charge in [-0.25, -0.2) is 0 Å². The van der Waals surface area contributed by atoms with E-state index in [1.807, 2.05) is 42.5 Å². The third-order valence-corrected chi connectivity index (χ3v) is 7.49. The van der Waals surface area contributed by atoms with Crippen LogP contribution in [0, 0.1) is 11.3 Å². The van der Waals surface area contributed by atoms with E-state index in [2.05, 4.69) is 16.3 Å². The van der Waals surface area contributed by atoms with Gasteiger partial charge >= 0.3 is 0 Å². The molecule has 2 atom stereocenters. The fourth-order valence-electron chi connectivity index (χ4n) is 5.30. The second-order valence-electron chi connectivity index (χ2n) is 9.69. The summed E-state index contributed by atoms with van der Waals surface area (Å²) in [4.78, 5) is 28.6. The molecule has 2 saturated heterocycles. The van der Waals surface area contributed by atoms with E-state index >= 15 is 0 Å². The number of nitrogens with one attached hydrogen (secondary N) is 1. The number of nitriles is 1. The van der Waals surface area contributed by atoms with Crippen LogP contribution in [0.5, 0.6) is 0 Å². The largest absolute Gasteiger partial charge is 0.389 e. The van der Waals surface area contributed by atoms with Crippen LogP contribution in [0.15, 0.2) is 65.6 Å². The van der Waals surface area contributed by atoms with Crippen molar-refractivity contribution in [3.05, 3.63) is 87.8 Å². The Hall–Kier alpha value is -3.51. The van der Waals surface area contributed by atoms with Crippen LogP contribution in [-0.4, -0.2) is 58.8 Å². The van der Waals surface area contributed by atoms with Crippen molar-refractivity contribution in [2.75, 3.05) is 26.3 Å². The molecule has 0 saturated carbocycles. The number of carbonyl (C=O) groups is 1. The third-order valence-electron chi connectivity index (χ3n) is 7.49. The van der Waals surface area contributed by atoms with Crippen molar-refractivity contribution in [2.45, 2.75) is 43.4 Å². The highest BCUT2D eigenvalue weighted by atomic mass is 16.5. The number of piperidine rings is 1. The number of aliphatic hydroxyl groups is 1. The highest BCUT2D eigenvalue weighted by molar-refractivity contribution is 5.94. The van der Waals surface area contributed by atoms with E-state index in [0.717, 1.165) is 29.7 Å². The molecule has 186 valence electrons. The zero-order valence-electron chi connectivity index (χ0n) is 20.1. The Labute approximate surface area is 209 Å². The first-order chi connectivity index (χ1) is 17.5. The minimum absolute atomic E-state index is 0.0556. The number of hydrogen-bond donors (Lipinski definition) is 2. The van der Waals surface area contributed by atoms with Gasteiger partial charge in [0.25, 0.3) is 11.5 Å². The smallest absolute Gasteiger partial charge is 0.267 e. The van der Waals surface area contributed by atoms with Crippen molar-refractivity contribution < 1.29 is 14.6 Å². The van der Waals surface area contributed by atoms with E-state index in [4.69, 9.17) is 4.74 Å². The average molecular weight is 487 g/mol. The van der Waals surface area contributed by atoms with Gasteiger partial charge in [0.1, 0.15) is 5.56 Å². The van der Waals surface area contributed by atoms with Gasteiger partial charge in [0.2, 0.25) is 0 Å². The van der Waals surface area contributed by atoms with E-state index in [1.54, 1.807) is 18.3 Å². The van der Waals surface area contributed by atoms with Crippen LogP contribution in [0.25, 0.3) is 5.52 Å². The lowest BCUT2D eigenvalue weighted by Gasteiger charge is -2.37. The highest BCUT2D eigenvalue weighted by Gasteiger charge is 2.36. The lowest BCUT2D eigenvalue weighted by atomic mass is 9.74. The first-order valence-corrected chi connectivity index (χ1v) is 12.4. The molecule has 8 nitrogen and oxygen atoms in total. The Kier molecular flexibility index (Phi) is 6.88. The van der Waals surface area contributed by atoms with Crippen LogP contribution in [0.3, 0.4) is 0 Å². The molecule has 2 aliphatic rings. The zero-order valence-corrected chi connectivity index (χ0v) is 20.1. The molecule has 36 heavy (non-hydrogen) atoms. The van der Waals surface area contributed by atoms with Crippen molar-refractivity contribution in [2.24, 2.45) is 0 Å². The van der Waals surface area contributed by atoms with Gasteiger partial charge in [0, 0.05) is 32.4 Å². The highest BCUT2D eigenvalue weighted by Crippen LogP contribution is 2.35. The summed E-state index contributed by atoms with van der Waals surface area (Å²) in [5.74, 6) is -0.489. The van der Waals surface area contributed by atoms with Crippen LogP contribution in [0.4, 0.5) is 0 Å². The predicted octanol–water partition coefficient (Wildman–Crippen LogP) is 2.24. The van der Waals surface area contributed by atoms with Gasteiger partial charge in [-0.15, -0.1) is 0 Å². The summed E-state index contributed by atoms with van der Waals surface area (Å²) in [7, 11) is 0. The lowest BCUT2D eigenvalue weighted by molar-refractivity contribution is -0.0261. The number of pyridine rings is 2. The first kappa shape index (κ1) is 24.2. The van der Waals surface area contributed by atoms with E-state index in [1.165, 1.54) is 4.40 Å². The standard InChI is InChI=1S/C28H30N4O4/c29-19-28(21-6-2-1-3-7-21)10-13-31(14-11-28)17-20-16-22(27(35)32-12-5-4-8-24(20)32)26(34)30-23-9-15-36-18-25(23)33/h1-8,12,16,23,25,33H,9-11,13-15,17-18H2,(H,30,34)/t23-,25-/m1/s1. The number of carbonyl (C=O) groups excluding carboxylic acids is 1. The van der Waals surface area contributed by atoms with Crippen LogP contribution in [-0.2, 0) is 16.7 Å². The fraction of sp³-hybridized carbons (Fsp3) is 0.393. The van der Waals surface area contributed by atoms with E-state index in [9.17, 15) is 20.0 Å². The Bertz CT molecular complexity index is 1340. The summed E-state index contributed by atoms with van der Waals surface area (Å²) in [6, 6.07) is 19.3. The maximum absolute atomic E-state index is 13.2. The van der Waals surface area contributed by atoms with Gasteiger partial charge in [0.15, 0.2) is 0 Å². The van der Waals surface area contributed by atoms with E-state index < -0.39 is 23.5 Å². The van der Waals surface area contributed by atoms with Gasteiger partial charge in [-0.05, 0) is 48.6 Å². The quantitative estimate of drug-likeness (QED) is 0.573. The summed E-state index contributed by atoms with van der Waals surface area (Å²) in [5, 5.41) is 23.0. The number of amides is 1. The maximum Gasteiger partial charge on any atom is 0.267 e. The molecule has 2 aliphatic heterocycles. The molecule has 0 unspecified atom stereocenters. The van der Waals surface area contributed by atoms with Crippen LogP contribution >= 0.6 is 0 Å². The Morgan fingerprint density at radius 2 is 1.92 bits per heavy atom. The Morgan fingerprint density at radius 1 is 1.17 bits per heavy atom. The topological polar surface area (TPSA) is 107 Å². The number of rotatable bonds is 5. The molecule has 2 N–H and O–H groups in total. The maximum atomic E-state index is 13.2. The Balaban J connectivity index is 1.39. The number of aliphatic hydroxyl groups excluding tert-OH is 1. The number of nitrogens with zero attached hydrogens (tertiary/aromatic N) is 3. The van der Waals surface area contributed by atoms with Gasteiger partial charge in [0.05, 0.1) is 35.8 Å². The number of aromatic nitrogens is 1. The SMILES string of the molecule is N#CC1(c2ccccc2)CCN(Cc2cc(C(=O)N[C@@H]3CCOC[C@H]3O)c(=O)n3ccccc23)CC1. The van der Waals surface area contributed by atoms with Crippen molar-refractivity contribution in [1.82, 2.24) is 14.6 Å². The second kappa shape index (κ2) is 10.2. The monoisotopic (exact) mass is 486 g/mol. The minimum atomic E-state index is -0.802. The van der Waals surface area contributed by atoms with Gasteiger partial charge in [-0.3, -0.25) is 18.9 Å². The van der Waals surface area contributed by atoms with Gasteiger partial charge in [-0.1, -0.05) is 36.4 Å². The lowest BCUT2D eigenvalue weighted by Crippen LogP contribution is -2.49. The van der Waals surface area contributed by atoms with Crippen LogP contribution < -0.4 is 10.9 Å². The molecule has 1 amide bonds. The molecule has 0 bridgehead atoms. The molecule has 2 aromatic heterocycles. The normalized spacial score (nSPS) is 22.1. The number of benzene rings is 1. The van der Waals surface area contributed by atoms with Crippen LogP contribution in [0.1, 0.15) is 40.7 Å². The summed E-state index contributed by atoms with van der Waals surface area (Å²) < 4.78 is 6.75. The molecule has 0 radical (unpaired) electrons. The number of likely N-dealkylation sites (tertiary alicyclic amines) is 1. The average Bonchev–Trinajstić information content (AvgIpc) is 2.92. The minimum Gasteiger partial charge on any atom is -0.389 e. The van der Waals surface area contributed by atoms with Crippen molar-refractivity contribution >= 4 is 11.4 Å². The number of fused-ring (bicyclic) bond motifs is 1. The molecule has 0 aliphatic carbocycles. The van der Waals surface area contributed by atoms with Crippen LogP contribution in [0.2, 0.25) is 0 Å². The summed E-state index contributed by atoms with van der Waals surface area (Å²) in [6.07, 6.45) is 2.79. The second-order valence-corrected chi connectivity index (χ2v) is 9.69.